The molecule has 0 atom stereocenters. The molecule has 0 aliphatic carbocycles. The third-order valence-electron chi connectivity index (χ3n) is 3.42. The first-order chi connectivity index (χ1) is 10.7. The standard InChI is InChI=1S/C17H21N3O2/c1-4-20(5-2)17(21)13-6-11-16(18-12-13)19-14-7-9-15(22-3)10-8-14/h6-12H,4-5H2,1-3H3,(H,18,19). The van der Waals surface area contributed by atoms with E-state index in [1.54, 1.807) is 30.3 Å². The summed E-state index contributed by atoms with van der Waals surface area (Å²) in [5.74, 6) is 1.51. The third kappa shape index (κ3) is 3.75. The Kier molecular flexibility index (Phi) is 5.36. The Morgan fingerprint density at radius 1 is 1.14 bits per heavy atom. The molecule has 0 saturated heterocycles. The monoisotopic (exact) mass is 299 g/mol. The molecule has 0 unspecified atom stereocenters. The number of hydrogen-bond acceptors (Lipinski definition) is 4. The lowest BCUT2D eigenvalue weighted by atomic mass is 10.2. The van der Waals surface area contributed by atoms with E-state index in [1.807, 2.05) is 38.1 Å². The Bertz CT molecular complexity index is 605. The van der Waals surface area contributed by atoms with E-state index >= 15 is 0 Å². The maximum Gasteiger partial charge on any atom is 0.255 e. The molecule has 22 heavy (non-hydrogen) atoms. The summed E-state index contributed by atoms with van der Waals surface area (Å²) in [5, 5.41) is 3.19. The molecule has 1 aromatic carbocycles. The third-order valence-corrected chi connectivity index (χ3v) is 3.42. The minimum absolute atomic E-state index is 0.00787. The fourth-order valence-corrected chi connectivity index (χ4v) is 2.11. The van der Waals surface area contributed by atoms with Crippen LogP contribution < -0.4 is 10.1 Å². The van der Waals surface area contributed by atoms with Crippen LogP contribution >= 0.6 is 0 Å². The Morgan fingerprint density at radius 2 is 1.82 bits per heavy atom. The van der Waals surface area contributed by atoms with Crippen molar-refractivity contribution in [3.8, 4) is 5.75 Å². The van der Waals surface area contributed by atoms with Crippen LogP contribution in [0.5, 0.6) is 5.75 Å². The van der Waals surface area contributed by atoms with Gasteiger partial charge >= 0.3 is 0 Å². The van der Waals surface area contributed by atoms with Crippen molar-refractivity contribution in [3.05, 3.63) is 48.2 Å². The molecular formula is C17H21N3O2. The number of aromatic nitrogens is 1. The number of nitrogens with one attached hydrogen (secondary N) is 1. The predicted molar refractivity (Wildman–Crippen MR) is 87.8 cm³/mol. The van der Waals surface area contributed by atoms with Crippen molar-refractivity contribution in [2.45, 2.75) is 13.8 Å². The largest absolute Gasteiger partial charge is 0.497 e. The summed E-state index contributed by atoms with van der Waals surface area (Å²) >= 11 is 0. The molecule has 1 amide bonds. The van der Waals surface area contributed by atoms with Crippen LogP contribution in [0, 0.1) is 0 Å². The van der Waals surface area contributed by atoms with E-state index in [-0.39, 0.29) is 5.91 Å². The molecule has 5 nitrogen and oxygen atoms in total. The van der Waals surface area contributed by atoms with Crippen molar-refractivity contribution < 1.29 is 9.53 Å². The molecule has 1 heterocycles. The summed E-state index contributed by atoms with van der Waals surface area (Å²) in [6, 6.07) is 11.2. The molecule has 0 saturated carbocycles. The van der Waals surface area contributed by atoms with Gasteiger partial charge in [0, 0.05) is 25.0 Å². The second-order valence-electron chi connectivity index (χ2n) is 4.76. The van der Waals surface area contributed by atoms with Crippen molar-refractivity contribution in [2.24, 2.45) is 0 Å². The number of carbonyl (C=O) groups excluding carboxylic acids is 1. The lowest BCUT2D eigenvalue weighted by Gasteiger charge is -2.18. The Balaban J connectivity index is 2.06. The van der Waals surface area contributed by atoms with Gasteiger partial charge in [-0.3, -0.25) is 4.79 Å². The molecular weight excluding hydrogens is 278 g/mol. The molecule has 0 aliphatic rings. The summed E-state index contributed by atoms with van der Waals surface area (Å²) < 4.78 is 5.12. The van der Waals surface area contributed by atoms with Crippen LogP contribution in [0.15, 0.2) is 42.6 Å². The van der Waals surface area contributed by atoms with Gasteiger partial charge in [0.05, 0.1) is 12.7 Å². The maximum absolute atomic E-state index is 12.2. The minimum atomic E-state index is 0.00787. The van der Waals surface area contributed by atoms with E-state index in [2.05, 4.69) is 10.3 Å². The highest BCUT2D eigenvalue weighted by Crippen LogP contribution is 2.19. The van der Waals surface area contributed by atoms with Gasteiger partial charge in [0.25, 0.3) is 5.91 Å². The Hall–Kier alpha value is -2.56. The van der Waals surface area contributed by atoms with Crippen LogP contribution in [-0.2, 0) is 0 Å². The number of carbonyl (C=O) groups is 1. The maximum atomic E-state index is 12.2. The van der Waals surface area contributed by atoms with Crippen LogP contribution in [0.4, 0.5) is 11.5 Å². The number of anilines is 2. The van der Waals surface area contributed by atoms with Crippen LogP contribution in [0.1, 0.15) is 24.2 Å². The van der Waals surface area contributed by atoms with Gasteiger partial charge in [-0.05, 0) is 50.2 Å². The number of ether oxygens (including phenoxy) is 1. The van der Waals surface area contributed by atoms with Gasteiger partial charge in [0.15, 0.2) is 0 Å². The van der Waals surface area contributed by atoms with E-state index in [4.69, 9.17) is 4.74 Å². The molecule has 2 aromatic rings. The first-order valence-corrected chi connectivity index (χ1v) is 7.34. The summed E-state index contributed by atoms with van der Waals surface area (Å²) in [5.41, 5.74) is 1.51. The first kappa shape index (κ1) is 15.8. The van der Waals surface area contributed by atoms with Gasteiger partial charge in [-0.2, -0.15) is 0 Å². The Labute approximate surface area is 130 Å². The number of hydrogen-bond donors (Lipinski definition) is 1. The fraction of sp³-hybridized carbons (Fsp3) is 0.294. The summed E-state index contributed by atoms with van der Waals surface area (Å²) in [4.78, 5) is 18.3. The zero-order valence-electron chi connectivity index (χ0n) is 13.2. The molecule has 0 spiro atoms. The topological polar surface area (TPSA) is 54.5 Å². The number of nitrogens with zero attached hydrogens (tertiary/aromatic N) is 2. The smallest absolute Gasteiger partial charge is 0.255 e. The van der Waals surface area contributed by atoms with Gasteiger partial charge in [0.1, 0.15) is 11.6 Å². The van der Waals surface area contributed by atoms with Crippen LogP contribution in [0.2, 0.25) is 0 Å². The van der Waals surface area contributed by atoms with E-state index < -0.39 is 0 Å². The molecule has 1 aromatic heterocycles. The Morgan fingerprint density at radius 3 is 2.32 bits per heavy atom. The average Bonchev–Trinajstić information content (AvgIpc) is 2.57. The molecule has 0 radical (unpaired) electrons. The molecule has 0 bridgehead atoms. The number of methoxy groups -OCH3 is 1. The van der Waals surface area contributed by atoms with Gasteiger partial charge in [-0.15, -0.1) is 0 Å². The van der Waals surface area contributed by atoms with Gasteiger partial charge in [-0.25, -0.2) is 4.98 Å². The number of benzene rings is 1. The lowest BCUT2D eigenvalue weighted by Crippen LogP contribution is -2.30. The molecule has 116 valence electrons. The zero-order chi connectivity index (χ0) is 15.9. The van der Waals surface area contributed by atoms with Crippen molar-refractivity contribution in [3.63, 3.8) is 0 Å². The quantitative estimate of drug-likeness (QED) is 0.889. The summed E-state index contributed by atoms with van der Waals surface area (Å²) in [6.45, 7) is 5.32. The number of rotatable bonds is 6. The van der Waals surface area contributed by atoms with Crippen molar-refractivity contribution in [1.82, 2.24) is 9.88 Å². The van der Waals surface area contributed by atoms with Crippen LogP contribution in [0.25, 0.3) is 0 Å². The van der Waals surface area contributed by atoms with E-state index in [0.717, 1.165) is 11.4 Å². The lowest BCUT2D eigenvalue weighted by molar-refractivity contribution is 0.0772. The van der Waals surface area contributed by atoms with Gasteiger partial charge in [-0.1, -0.05) is 0 Å². The fourth-order valence-electron chi connectivity index (χ4n) is 2.11. The molecule has 0 fully saturated rings. The highest BCUT2D eigenvalue weighted by Gasteiger charge is 2.12. The van der Waals surface area contributed by atoms with Crippen LogP contribution in [-0.4, -0.2) is 36.0 Å². The second-order valence-corrected chi connectivity index (χ2v) is 4.76. The minimum Gasteiger partial charge on any atom is -0.497 e. The zero-order valence-corrected chi connectivity index (χ0v) is 13.2. The molecule has 5 heteroatoms. The van der Waals surface area contributed by atoms with Gasteiger partial charge < -0.3 is 15.0 Å². The predicted octanol–water partition coefficient (Wildman–Crippen LogP) is 3.32. The molecule has 1 N–H and O–H groups in total. The highest BCUT2D eigenvalue weighted by atomic mass is 16.5. The molecule has 0 aliphatic heterocycles. The molecule has 2 rings (SSSR count). The summed E-state index contributed by atoms with van der Waals surface area (Å²) in [7, 11) is 1.63. The second kappa shape index (κ2) is 7.45. The van der Waals surface area contributed by atoms with Crippen molar-refractivity contribution in [1.29, 1.82) is 0 Å². The SMILES string of the molecule is CCN(CC)C(=O)c1ccc(Nc2ccc(OC)cc2)nc1. The number of pyridine rings is 1. The van der Waals surface area contributed by atoms with Gasteiger partial charge in [0.2, 0.25) is 0 Å². The van der Waals surface area contributed by atoms with Crippen molar-refractivity contribution >= 4 is 17.4 Å². The van der Waals surface area contributed by atoms with E-state index in [0.29, 0.717) is 24.5 Å². The van der Waals surface area contributed by atoms with Crippen molar-refractivity contribution in [2.75, 3.05) is 25.5 Å². The summed E-state index contributed by atoms with van der Waals surface area (Å²) in [6.07, 6.45) is 1.60. The first-order valence-electron chi connectivity index (χ1n) is 7.34. The van der Waals surface area contributed by atoms with E-state index in [1.165, 1.54) is 0 Å². The average molecular weight is 299 g/mol. The van der Waals surface area contributed by atoms with E-state index in [9.17, 15) is 4.79 Å². The normalized spacial score (nSPS) is 10.1. The number of amides is 1. The highest BCUT2D eigenvalue weighted by molar-refractivity contribution is 5.94. The van der Waals surface area contributed by atoms with Crippen LogP contribution in [0.3, 0.4) is 0 Å².